The summed E-state index contributed by atoms with van der Waals surface area (Å²) >= 11 is 0. The number of nitrogens with zero attached hydrogens (tertiary/aromatic N) is 2. The Labute approximate surface area is 160 Å². The molecule has 0 atom stereocenters. The number of benzene rings is 2. The van der Waals surface area contributed by atoms with E-state index in [4.69, 9.17) is 10.00 Å². The number of carbonyl (C=O) groups is 1. The van der Waals surface area contributed by atoms with Crippen LogP contribution < -0.4 is 4.74 Å². The summed E-state index contributed by atoms with van der Waals surface area (Å²) in [6.07, 6.45) is 5.56. The van der Waals surface area contributed by atoms with Gasteiger partial charge in [-0.2, -0.15) is 5.26 Å². The molecule has 0 N–H and O–H groups in total. The summed E-state index contributed by atoms with van der Waals surface area (Å²) in [6, 6.07) is 14.2. The molecule has 4 rings (SSSR count). The van der Waals surface area contributed by atoms with Crippen LogP contribution in [0.4, 0.5) is 0 Å². The first-order chi connectivity index (χ1) is 13.1. The molecule has 0 aromatic heterocycles. The van der Waals surface area contributed by atoms with Crippen molar-refractivity contribution < 1.29 is 9.53 Å². The number of Topliss-reactive ketones (excluding diaryl/α,β-unsaturated/α-hetero) is 1. The zero-order valence-corrected chi connectivity index (χ0v) is 15.7. The zero-order valence-electron chi connectivity index (χ0n) is 15.7. The van der Waals surface area contributed by atoms with Crippen molar-refractivity contribution >= 4 is 5.78 Å². The van der Waals surface area contributed by atoms with Crippen LogP contribution in [0.2, 0.25) is 0 Å². The number of hydrogen-bond acceptors (Lipinski definition) is 4. The monoisotopic (exact) mass is 360 g/mol. The molecular weight excluding hydrogens is 336 g/mol. The summed E-state index contributed by atoms with van der Waals surface area (Å²) in [5, 5.41) is 8.95. The van der Waals surface area contributed by atoms with Crippen molar-refractivity contribution in [1.82, 2.24) is 4.90 Å². The Hall–Kier alpha value is -2.64. The number of ketones is 1. The maximum Gasteiger partial charge on any atom is 0.180 e. The van der Waals surface area contributed by atoms with Crippen LogP contribution in [0, 0.1) is 18.3 Å². The predicted molar refractivity (Wildman–Crippen MR) is 104 cm³/mol. The average Bonchev–Trinajstić information content (AvgIpc) is 3.17. The largest absolute Gasteiger partial charge is 0.477 e. The van der Waals surface area contributed by atoms with Crippen LogP contribution in [0.3, 0.4) is 0 Å². The molecular formula is C23H24N2O2. The Balaban J connectivity index is 1.57. The van der Waals surface area contributed by atoms with Gasteiger partial charge >= 0.3 is 0 Å². The van der Waals surface area contributed by atoms with E-state index in [2.05, 4.69) is 17.9 Å². The third-order valence-electron chi connectivity index (χ3n) is 5.79. The molecule has 0 amide bonds. The molecule has 2 aliphatic rings. The van der Waals surface area contributed by atoms with Gasteiger partial charge in [0.25, 0.3) is 0 Å². The maximum atomic E-state index is 12.9. The predicted octanol–water partition coefficient (Wildman–Crippen LogP) is 4.23. The molecule has 0 spiro atoms. The number of ether oxygens (including phenoxy) is 1. The molecule has 0 radical (unpaired) electrons. The molecule has 2 aromatic rings. The highest BCUT2D eigenvalue weighted by molar-refractivity contribution is 6.00. The molecule has 27 heavy (non-hydrogen) atoms. The highest BCUT2D eigenvalue weighted by Gasteiger charge is 2.29. The number of fused-ring (bicyclic) bond motifs is 1. The van der Waals surface area contributed by atoms with Gasteiger partial charge in [-0.1, -0.05) is 25.0 Å². The maximum absolute atomic E-state index is 12.9. The third kappa shape index (κ3) is 3.74. The Bertz CT molecular complexity index is 890. The van der Waals surface area contributed by atoms with Crippen molar-refractivity contribution in [2.75, 3.05) is 13.3 Å². The second-order valence-electron chi connectivity index (χ2n) is 7.64. The molecule has 1 aliphatic heterocycles. The van der Waals surface area contributed by atoms with Crippen molar-refractivity contribution in [2.45, 2.75) is 45.1 Å². The van der Waals surface area contributed by atoms with Crippen LogP contribution in [0.15, 0.2) is 36.4 Å². The summed E-state index contributed by atoms with van der Waals surface area (Å²) in [5.74, 6) is 0.858. The van der Waals surface area contributed by atoms with Gasteiger partial charge in [0.15, 0.2) is 5.78 Å². The SMILES string of the molecule is Cc1cc2c(cc1Cc1ccc(C#N)cc1)C(=O)CN(C1CCCC1)CO2. The minimum atomic E-state index is 0.149. The van der Waals surface area contributed by atoms with Crippen molar-refractivity contribution in [3.8, 4) is 11.8 Å². The van der Waals surface area contributed by atoms with Crippen LogP contribution >= 0.6 is 0 Å². The van der Waals surface area contributed by atoms with E-state index >= 15 is 0 Å². The average molecular weight is 360 g/mol. The Morgan fingerprint density at radius 1 is 1.19 bits per heavy atom. The van der Waals surface area contributed by atoms with Gasteiger partial charge in [-0.3, -0.25) is 9.69 Å². The highest BCUT2D eigenvalue weighted by atomic mass is 16.5. The lowest BCUT2D eigenvalue weighted by atomic mass is 9.95. The molecule has 1 heterocycles. The second kappa shape index (κ2) is 7.54. The first kappa shape index (κ1) is 17.8. The summed E-state index contributed by atoms with van der Waals surface area (Å²) in [4.78, 5) is 15.1. The normalized spacial score (nSPS) is 17.9. The van der Waals surface area contributed by atoms with E-state index < -0.39 is 0 Å². The van der Waals surface area contributed by atoms with Crippen molar-refractivity contribution in [3.63, 3.8) is 0 Å². The van der Waals surface area contributed by atoms with Gasteiger partial charge in [-0.15, -0.1) is 0 Å². The molecule has 1 saturated carbocycles. The van der Waals surface area contributed by atoms with Gasteiger partial charge in [0, 0.05) is 6.04 Å². The van der Waals surface area contributed by atoms with E-state index in [0.29, 0.717) is 36.2 Å². The van der Waals surface area contributed by atoms with Gasteiger partial charge < -0.3 is 4.74 Å². The molecule has 2 aromatic carbocycles. The van der Waals surface area contributed by atoms with Crippen LogP contribution in [0.1, 0.15) is 58.3 Å². The quantitative estimate of drug-likeness (QED) is 0.822. The van der Waals surface area contributed by atoms with Crippen molar-refractivity contribution in [1.29, 1.82) is 5.26 Å². The van der Waals surface area contributed by atoms with Gasteiger partial charge in [0.05, 0.1) is 23.7 Å². The molecule has 4 heteroatoms. The number of nitriles is 1. The lowest BCUT2D eigenvalue weighted by Crippen LogP contribution is -2.38. The molecule has 0 saturated heterocycles. The summed E-state index contributed by atoms with van der Waals surface area (Å²) in [5.41, 5.74) is 4.74. The molecule has 1 aliphatic carbocycles. The summed E-state index contributed by atoms with van der Waals surface area (Å²) in [7, 11) is 0. The molecule has 4 nitrogen and oxygen atoms in total. The Morgan fingerprint density at radius 3 is 2.63 bits per heavy atom. The van der Waals surface area contributed by atoms with E-state index in [0.717, 1.165) is 36.0 Å². The lowest BCUT2D eigenvalue weighted by Gasteiger charge is -2.25. The molecule has 0 bridgehead atoms. The van der Waals surface area contributed by atoms with Gasteiger partial charge in [-0.25, -0.2) is 0 Å². The number of hydrogen-bond donors (Lipinski definition) is 0. The van der Waals surface area contributed by atoms with Crippen LogP contribution in [-0.4, -0.2) is 30.0 Å². The summed E-state index contributed by atoms with van der Waals surface area (Å²) in [6.45, 7) is 3.00. The third-order valence-corrected chi connectivity index (χ3v) is 5.79. The van der Waals surface area contributed by atoms with Gasteiger partial charge in [0.2, 0.25) is 0 Å². The van der Waals surface area contributed by atoms with Gasteiger partial charge in [-0.05, 0) is 67.1 Å². The van der Waals surface area contributed by atoms with Crippen LogP contribution in [0.5, 0.6) is 5.75 Å². The molecule has 0 unspecified atom stereocenters. The van der Waals surface area contributed by atoms with Gasteiger partial charge in [0.1, 0.15) is 12.5 Å². The van der Waals surface area contributed by atoms with Crippen molar-refractivity contribution in [3.05, 3.63) is 64.2 Å². The van der Waals surface area contributed by atoms with Crippen LogP contribution in [-0.2, 0) is 6.42 Å². The fraction of sp³-hybridized carbons (Fsp3) is 0.391. The van der Waals surface area contributed by atoms with E-state index in [-0.39, 0.29) is 5.78 Å². The van der Waals surface area contributed by atoms with Crippen LogP contribution in [0.25, 0.3) is 0 Å². The number of rotatable bonds is 3. The second-order valence-corrected chi connectivity index (χ2v) is 7.64. The number of aryl methyl sites for hydroxylation is 1. The molecule has 1 fully saturated rings. The smallest absolute Gasteiger partial charge is 0.180 e. The fourth-order valence-electron chi connectivity index (χ4n) is 4.14. The van der Waals surface area contributed by atoms with E-state index in [1.807, 2.05) is 36.4 Å². The minimum Gasteiger partial charge on any atom is -0.477 e. The Kier molecular flexibility index (Phi) is 4.96. The fourth-order valence-corrected chi connectivity index (χ4v) is 4.14. The Morgan fingerprint density at radius 2 is 1.93 bits per heavy atom. The minimum absolute atomic E-state index is 0.149. The van der Waals surface area contributed by atoms with E-state index in [1.165, 1.54) is 12.8 Å². The zero-order chi connectivity index (χ0) is 18.8. The standard InChI is InChI=1S/C23H24N2O2/c1-16-10-23-21(12-19(16)11-17-6-8-18(13-24)9-7-17)22(26)14-25(15-27-23)20-4-2-3-5-20/h6-10,12,20H,2-5,11,14-15H2,1H3. The number of carbonyl (C=O) groups excluding carboxylic acids is 1. The topological polar surface area (TPSA) is 53.3 Å². The lowest BCUT2D eigenvalue weighted by molar-refractivity contribution is 0.0749. The van der Waals surface area contributed by atoms with Crippen molar-refractivity contribution in [2.24, 2.45) is 0 Å². The summed E-state index contributed by atoms with van der Waals surface area (Å²) < 4.78 is 6.03. The van der Waals surface area contributed by atoms with E-state index in [1.54, 1.807) is 0 Å². The molecule has 138 valence electrons. The first-order valence-electron chi connectivity index (χ1n) is 9.66. The first-order valence-corrected chi connectivity index (χ1v) is 9.66. The highest BCUT2D eigenvalue weighted by Crippen LogP contribution is 2.31. The van der Waals surface area contributed by atoms with E-state index in [9.17, 15) is 4.79 Å².